The highest BCUT2D eigenvalue weighted by atomic mass is 32.2. The van der Waals surface area contributed by atoms with Crippen molar-refractivity contribution in [3.63, 3.8) is 0 Å². The van der Waals surface area contributed by atoms with Gasteiger partial charge in [0.05, 0.1) is 24.0 Å². The van der Waals surface area contributed by atoms with Crippen LogP contribution in [0.15, 0.2) is 51.9 Å². The molecule has 0 saturated heterocycles. The van der Waals surface area contributed by atoms with E-state index in [1.807, 2.05) is 30.3 Å². The molecule has 0 spiro atoms. The Hall–Kier alpha value is -3.51. The molecule has 154 valence electrons. The van der Waals surface area contributed by atoms with Crippen LogP contribution in [0.3, 0.4) is 0 Å². The van der Waals surface area contributed by atoms with Gasteiger partial charge in [0.15, 0.2) is 10.1 Å². The Morgan fingerprint density at radius 2 is 2.13 bits per heavy atom. The third kappa shape index (κ3) is 5.30. The number of hydrogen-bond donors (Lipinski definition) is 2. The number of thioether (sulfide) groups is 1. The van der Waals surface area contributed by atoms with Gasteiger partial charge in [-0.25, -0.2) is 5.43 Å². The van der Waals surface area contributed by atoms with Crippen LogP contribution in [0.25, 0.3) is 10.6 Å². The van der Waals surface area contributed by atoms with Gasteiger partial charge in [0.25, 0.3) is 5.91 Å². The molecule has 0 unspecified atom stereocenters. The van der Waals surface area contributed by atoms with Crippen molar-refractivity contribution in [1.29, 1.82) is 0 Å². The topological polar surface area (TPSA) is 140 Å². The summed E-state index contributed by atoms with van der Waals surface area (Å²) >= 11 is 2.60. The van der Waals surface area contributed by atoms with Gasteiger partial charge in [0.1, 0.15) is 5.01 Å². The van der Waals surface area contributed by atoms with Crippen molar-refractivity contribution in [2.75, 3.05) is 12.9 Å². The molecule has 0 aliphatic heterocycles. The van der Waals surface area contributed by atoms with Gasteiger partial charge in [-0.2, -0.15) is 5.10 Å². The first-order chi connectivity index (χ1) is 14.5. The largest absolute Gasteiger partial charge is 0.500 e. The monoisotopic (exact) mass is 445 g/mol. The van der Waals surface area contributed by atoms with Crippen LogP contribution in [0.2, 0.25) is 0 Å². The molecule has 2 N–H and O–H groups in total. The molecular formula is C18H15N5O5S2. The Kier molecular flexibility index (Phi) is 6.93. The number of hydrogen-bond acceptors (Lipinski definition) is 10. The second-order valence-electron chi connectivity index (χ2n) is 5.67. The van der Waals surface area contributed by atoms with E-state index in [9.17, 15) is 20.0 Å². The maximum Gasteiger partial charge on any atom is 0.315 e. The van der Waals surface area contributed by atoms with Crippen molar-refractivity contribution >= 4 is 40.9 Å². The molecule has 2 aromatic carbocycles. The van der Waals surface area contributed by atoms with Crippen LogP contribution in [0, 0.1) is 10.1 Å². The average Bonchev–Trinajstić information content (AvgIpc) is 3.23. The standard InChI is InChI=1S/C18H15N5O5S2/c1-28-14-8-11(7-13(16(14)25)23(26)27)9-19-20-15(24)10-29-18-22-21-17(30-18)12-5-3-2-4-6-12/h2-9,25H,10H2,1H3,(H,20,24). The van der Waals surface area contributed by atoms with Crippen molar-refractivity contribution in [3.05, 3.63) is 58.1 Å². The number of ether oxygens (including phenoxy) is 1. The summed E-state index contributed by atoms with van der Waals surface area (Å²) < 4.78 is 5.55. The van der Waals surface area contributed by atoms with Crippen molar-refractivity contribution in [2.24, 2.45) is 5.10 Å². The predicted octanol–water partition coefficient (Wildman–Crippen LogP) is 3.07. The van der Waals surface area contributed by atoms with E-state index in [0.717, 1.165) is 16.6 Å². The number of aromatic hydroxyl groups is 1. The summed E-state index contributed by atoms with van der Waals surface area (Å²) in [7, 11) is 1.27. The van der Waals surface area contributed by atoms with Crippen LogP contribution in [-0.2, 0) is 4.79 Å². The fraction of sp³-hybridized carbons (Fsp3) is 0.111. The van der Waals surface area contributed by atoms with Gasteiger partial charge in [0.2, 0.25) is 5.75 Å². The first-order valence-electron chi connectivity index (χ1n) is 8.37. The number of carbonyl (C=O) groups is 1. The number of carbonyl (C=O) groups excluding carboxylic acids is 1. The normalized spacial score (nSPS) is 10.8. The summed E-state index contributed by atoms with van der Waals surface area (Å²) in [5, 5.41) is 33.5. The van der Waals surface area contributed by atoms with E-state index in [1.54, 1.807) is 0 Å². The second-order valence-corrected chi connectivity index (χ2v) is 7.87. The number of aromatic nitrogens is 2. The highest BCUT2D eigenvalue weighted by Gasteiger charge is 2.19. The molecule has 0 aliphatic carbocycles. The van der Waals surface area contributed by atoms with Crippen molar-refractivity contribution in [3.8, 4) is 22.1 Å². The predicted molar refractivity (Wildman–Crippen MR) is 113 cm³/mol. The van der Waals surface area contributed by atoms with Crippen LogP contribution in [0.4, 0.5) is 5.69 Å². The van der Waals surface area contributed by atoms with Crippen LogP contribution in [0.5, 0.6) is 11.5 Å². The Morgan fingerprint density at radius 1 is 1.37 bits per heavy atom. The highest BCUT2D eigenvalue weighted by molar-refractivity contribution is 8.01. The second kappa shape index (κ2) is 9.80. The number of hydrazone groups is 1. The zero-order valence-electron chi connectivity index (χ0n) is 15.5. The van der Waals surface area contributed by atoms with Gasteiger partial charge in [-0.1, -0.05) is 53.4 Å². The fourth-order valence-corrected chi connectivity index (χ4v) is 3.94. The first kappa shape index (κ1) is 21.2. The number of amides is 1. The van der Waals surface area contributed by atoms with Gasteiger partial charge in [0, 0.05) is 17.2 Å². The minimum Gasteiger partial charge on any atom is -0.500 e. The third-order valence-corrected chi connectivity index (χ3v) is 5.76. The lowest BCUT2D eigenvalue weighted by Gasteiger charge is -2.05. The van der Waals surface area contributed by atoms with Crippen LogP contribution >= 0.6 is 23.1 Å². The number of phenolic OH excluding ortho intramolecular Hbond substituents is 1. The number of benzene rings is 2. The molecule has 3 aromatic rings. The van der Waals surface area contributed by atoms with Gasteiger partial charge in [-0.3, -0.25) is 14.9 Å². The summed E-state index contributed by atoms with van der Waals surface area (Å²) in [5.74, 6) is -0.960. The van der Waals surface area contributed by atoms with E-state index in [2.05, 4.69) is 20.7 Å². The van der Waals surface area contributed by atoms with E-state index in [-0.39, 0.29) is 23.0 Å². The molecular weight excluding hydrogens is 430 g/mol. The minimum absolute atomic E-state index is 0.0693. The molecule has 1 aromatic heterocycles. The summed E-state index contributed by atoms with van der Waals surface area (Å²) in [6, 6.07) is 12.1. The van der Waals surface area contributed by atoms with E-state index in [0.29, 0.717) is 4.34 Å². The Bertz CT molecular complexity index is 1090. The highest BCUT2D eigenvalue weighted by Crippen LogP contribution is 2.36. The van der Waals surface area contributed by atoms with Crippen LogP contribution in [0.1, 0.15) is 5.56 Å². The van der Waals surface area contributed by atoms with Gasteiger partial charge in [-0.15, -0.1) is 10.2 Å². The summed E-state index contributed by atoms with van der Waals surface area (Å²) in [5.41, 5.74) is 3.04. The van der Waals surface area contributed by atoms with E-state index >= 15 is 0 Å². The molecule has 0 radical (unpaired) electrons. The zero-order valence-corrected chi connectivity index (χ0v) is 17.1. The molecule has 0 atom stereocenters. The van der Waals surface area contributed by atoms with E-state index in [1.165, 1.54) is 42.5 Å². The van der Waals surface area contributed by atoms with Crippen molar-refractivity contribution < 1.29 is 19.6 Å². The molecule has 1 heterocycles. The SMILES string of the molecule is COc1cc(C=NNC(=O)CSc2nnc(-c3ccccc3)s2)cc([N+](=O)[O-])c1O. The van der Waals surface area contributed by atoms with Gasteiger partial charge in [-0.05, 0) is 6.07 Å². The summed E-state index contributed by atoms with van der Waals surface area (Å²) in [6.45, 7) is 0. The maximum absolute atomic E-state index is 12.0. The smallest absolute Gasteiger partial charge is 0.315 e. The molecule has 0 fully saturated rings. The first-order valence-corrected chi connectivity index (χ1v) is 10.2. The molecule has 3 rings (SSSR count). The fourth-order valence-electron chi connectivity index (χ4n) is 2.29. The third-order valence-electron chi connectivity index (χ3n) is 3.65. The number of rotatable bonds is 8. The van der Waals surface area contributed by atoms with E-state index in [4.69, 9.17) is 4.74 Å². The maximum atomic E-state index is 12.0. The Labute approximate surface area is 178 Å². The van der Waals surface area contributed by atoms with Crippen LogP contribution < -0.4 is 10.2 Å². The minimum atomic E-state index is -0.740. The molecule has 12 heteroatoms. The van der Waals surface area contributed by atoms with Crippen molar-refractivity contribution in [1.82, 2.24) is 15.6 Å². The molecule has 30 heavy (non-hydrogen) atoms. The average molecular weight is 445 g/mol. The number of nitro groups is 1. The summed E-state index contributed by atoms with van der Waals surface area (Å²) in [6.07, 6.45) is 1.22. The lowest BCUT2D eigenvalue weighted by atomic mass is 10.2. The lowest BCUT2D eigenvalue weighted by Crippen LogP contribution is -2.19. The molecule has 0 aliphatic rings. The molecule has 0 saturated carbocycles. The van der Waals surface area contributed by atoms with Crippen molar-refractivity contribution in [2.45, 2.75) is 4.34 Å². The van der Waals surface area contributed by atoms with Gasteiger partial charge >= 0.3 is 5.69 Å². The number of nitro benzene ring substituents is 1. The zero-order chi connectivity index (χ0) is 21.5. The summed E-state index contributed by atoms with van der Waals surface area (Å²) in [4.78, 5) is 22.2. The molecule has 1 amide bonds. The number of methoxy groups -OCH3 is 1. The lowest BCUT2D eigenvalue weighted by molar-refractivity contribution is -0.386. The number of nitrogens with zero attached hydrogens (tertiary/aromatic N) is 4. The molecule has 10 nitrogen and oxygen atoms in total. The number of phenols is 1. The van der Waals surface area contributed by atoms with Gasteiger partial charge < -0.3 is 9.84 Å². The Balaban J connectivity index is 1.56. The number of nitrogens with one attached hydrogen (secondary N) is 1. The quantitative estimate of drug-likeness (QED) is 0.233. The molecule has 0 bridgehead atoms. The van der Waals surface area contributed by atoms with Crippen LogP contribution in [-0.4, -0.2) is 45.2 Å². The van der Waals surface area contributed by atoms with E-state index < -0.39 is 16.4 Å². The Morgan fingerprint density at radius 3 is 2.83 bits per heavy atom.